The molecule has 0 radical (unpaired) electrons. The van der Waals surface area contributed by atoms with Crippen LogP contribution in [0.15, 0.2) is 202 Å². The minimum atomic E-state index is -0.651. The van der Waals surface area contributed by atoms with Gasteiger partial charge >= 0.3 is 0 Å². The molecule has 20 rings (SSSR count). The van der Waals surface area contributed by atoms with Gasteiger partial charge in [-0.25, -0.2) is 78.2 Å². The molecule has 0 aliphatic carbocycles. The molecule has 43 heteroatoms. The maximum Gasteiger partial charge on any atom is 0.284 e. The van der Waals surface area contributed by atoms with Crippen LogP contribution in [0.2, 0.25) is 0 Å². The number of halogens is 2. The number of rotatable bonds is 18. The van der Waals surface area contributed by atoms with Gasteiger partial charge in [-0.05, 0) is 148 Å². The van der Waals surface area contributed by atoms with Crippen LogP contribution in [-0.2, 0) is 40.3 Å². The van der Waals surface area contributed by atoms with Crippen LogP contribution in [0, 0.1) is 55.0 Å². The van der Waals surface area contributed by atoms with Crippen molar-refractivity contribution in [1.29, 1.82) is 10.8 Å². The van der Waals surface area contributed by atoms with Gasteiger partial charge < -0.3 is 59.2 Å². The lowest BCUT2D eigenvalue weighted by Crippen LogP contribution is -2.30. The number of aromatic hydroxyl groups is 2. The van der Waals surface area contributed by atoms with Gasteiger partial charge in [0, 0.05) is 51.6 Å². The molecule has 14 N–H and O–H groups in total. The number of hydrogen-bond donors (Lipinski definition) is 10. The van der Waals surface area contributed by atoms with Crippen molar-refractivity contribution in [3.05, 3.63) is 297 Å². The van der Waals surface area contributed by atoms with E-state index in [1.54, 1.807) is 125 Å². The Balaban J connectivity index is 0.000000126. The molecule has 0 saturated heterocycles. The number of anilines is 6. The van der Waals surface area contributed by atoms with Crippen LogP contribution in [0.4, 0.5) is 38.9 Å². The van der Waals surface area contributed by atoms with Crippen LogP contribution in [-0.4, -0.2) is 167 Å². The molecule has 6 aromatic carbocycles. The molecule has 41 nitrogen and oxygen atoms in total. The van der Waals surface area contributed by atoms with Gasteiger partial charge in [0.05, 0.1) is 80.8 Å². The number of nitrogens with two attached hydrogens (primary N) is 4. The van der Waals surface area contributed by atoms with E-state index in [0.29, 0.717) is 140 Å². The molecule has 14 aromatic heterocycles. The number of hydrogen-bond acceptors (Lipinski definition) is 31. The fourth-order valence-electron chi connectivity index (χ4n) is 16.2. The van der Waals surface area contributed by atoms with Crippen LogP contribution < -0.4 is 55.8 Å². The van der Waals surface area contributed by atoms with Crippen molar-refractivity contribution in [2.45, 2.75) is 74.6 Å². The summed E-state index contributed by atoms with van der Waals surface area (Å²) in [7, 11) is 6.73. The second-order valence-corrected chi connectivity index (χ2v) is 32.5. The van der Waals surface area contributed by atoms with E-state index in [4.69, 9.17) is 58.8 Å². The Morgan fingerprint density at radius 3 is 1.38 bits per heavy atom. The fraction of sp³-hybridized carbons (Fsp3) is 0.163. The van der Waals surface area contributed by atoms with Crippen LogP contribution in [0.5, 0.6) is 11.5 Å². The summed E-state index contributed by atoms with van der Waals surface area (Å²) in [6.45, 7) is 13.3. The highest BCUT2D eigenvalue weighted by Crippen LogP contribution is 2.36. The lowest BCUT2D eigenvalue weighted by molar-refractivity contribution is 0.469. The molecular weight excluding hydrogens is 1840 g/mol. The Bertz CT molecular complexity index is 8450. The molecule has 0 aliphatic heterocycles. The number of imidazole rings is 1. The van der Waals surface area contributed by atoms with Crippen molar-refractivity contribution in [1.82, 2.24) is 132 Å². The molecule has 0 saturated carbocycles. The van der Waals surface area contributed by atoms with Crippen LogP contribution >= 0.6 is 22.6 Å². The lowest BCUT2D eigenvalue weighted by atomic mass is 10.1. The van der Waals surface area contributed by atoms with Gasteiger partial charge in [0.2, 0.25) is 0 Å². The number of nitrogens with zero attached hydrogens (tertiary/aromatic N) is 27. The average Bonchev–Trinajstić information content (AvgIpc) is 1.63. The van der Waals surface area contributed by atoms with E-state index < -0.39 is 5.82 Å². The Hall–Kier alpha value is -17.6. The van der Waals surface area contributed by atoms with Gasteiger partial charge in [0.1, 0.15) is 151 Å². The molecule has 135 heavy (non-hydrogen) atoms. The first-order valence-corrected chi connectivity index (χ1v) is 42.8. The zero-order valence-corrected chi connectivity index (χ0v) is 76.5. The number of phenolic OH excluding ortho intramolecular Hbond substituents is 2. The maximum absolute atomic E-state index is 14.2. The van der Waals surface area contributed by atoms with Gasteiger partial charge in [0.15, 0.2) is 33.6 Å². The normalized spacial score (nSPS) is 11.3. The smallest absolute Gasteiger partial charge is 0.284 e. The Morgan fingerprint density at radius 1 is 0.452 bits per heavy atom. The average molecular weight is 1920 g/mol. The van der Waals surface area contributed by atoms with Crippen molar-refractivity contribution in [3.8, 4) is 56.8 Å². The zero-order valence-electron chi connectivity index (χ0n) is 74.3. The van der Waals surface area contributed by atoms with Gasteiger partial charge in [-0.2, -0.15) is 25.5 Å². The summed E-state index contributed by atoms with van der Waals surface area (Å²) >= 11 is 2.11. The first-order valence-electron chi connectivity index (χ1n) is 41.7. The van der Waals surface area contributed by atoms with Crippen molar-refractivity contribution < 1.29 is 14.6 Å². The third kappa shape index (κ3) is 16.7. The van der Waals surface area contributed by atoms with Gasteiger partial charge in [0.25, 0.3) is 22.2 Å². The highest BCUT2D eigenvalue weighted by molar-refractivity contribution is 14.1. The lowest BCUT2D eigenvalue weighted by Gasteiger charge is -2.18. The van der Waals surface area contributed by atoms with Crippen molar-refractivity contribution in [3.63, 3.8) is 0 Å². The van der Waals surface area contributed by atoms with Gasteiger partial charge in [-0.15, -0.1) is 0 Å². The van der Waals surface area contributed by atoms with E-state index in [-0.39, 0.29) is 110 Å². The second-order valence-electron chi connectivity index (χ2n) is 31.5. The monoisotopic (exact) mass is 1920 g/mol. The molecule has 0 unspecified atom stereocenters. The molecular formula is C92H85FIN35O6. The number of para-hydroxylation sites is 4. The predicted molar refractivity (Wildman–Crippen MR) is 520 cm³/mol. The number of phenols is 2. The highest BCUT2D eigenvalue weighted by Gasteiger charge is 2.29. The largest absolute Gasteiger partial charge is 0.508 e. The molecule has 678 valence electrons. The number of aryl methyl sites for hydroxylation is 7. The molecule has 20 aromatic rings. The standard InChI is InChI=1S/C26H24FN9O2.C26H25N9O2.C20H18IN9O.C20H18N8O/c1-13-6-4-5-7-18(13)36-19(33-21(14(2)28)23(30-3)26(36)38)11-35-25-20(24(29)31-12-32-25)22(34-35)15-8-16(27)10-17(37)9-15;1-14-7-4-5-10-18(14)35-19(32-21(15(2)27)23(29-3)26(35)37)12-34-25-20(24(28)30-13-31-25)22(33-34)16-8-6-9-17(36)11-16;1-10-6-4-5-7-12(10)30-13(25-15-11(2)26-28(3)16(15)20(30)31)8-29-19-14(17(21)27-29)18(22)23-9-24-19;1-12-5-3-4-6-15(12)28-16(25-14-9-24-26(2)18(14)20(28)29)10-27-11-23-17-13(21)7-8-22-19(17)27/h4-10,12,28,30,37H,11H2,1-3H3,(H2,29,31,32);4-11,13,27,29,36H,12H2,1-3H3,(H2,28,30,31);4-7,9H,8H2,1-3H3,(H2,22,23,24);3-9,11H,10H2,1-2H3,(H2,21,22). The van der Waals surface area contributed by atoms with E-state index in [0.717, 1.165) is 39.7 Å². The van der Waals surface area contributed by atoms with Crippen molar-refractivity contribution in [2.24, 2.45) is 14.1 Å². The molecule has 14 heterocycles. The molecule has 0 aliphatic rings. The maximum atomic E-state index is 14.2. The zero-order chi connectivity index (χ0) is 95.4. The van der Waals surface area contributed by atoms with E-state index in [9.17, 15) is 33.8 Å². The summed E-state index contributed by atoms with van der Waals surface area (Å²) in [6, 6.07) is 42.2. The summed E-state index contributed by atoms with van der Waals surface area (Å²) < 4.78 is 30.9. The van der Waals surface area contributed by atoms with Crippen molar-refractivity contribution in [2.75, 3.05) is 47.7 Å². The van der Waals surface area contributed by atoms with Crippen molar-refractivity contribution >= 4 is 135 Å². The first-order chi connectivity index (χ1) is 64.9. The van der Waals surface area contributed by atoms with E-state index in [1.807, 2.05) is 130 Å². The summed E-state index contributed by atoms with van der Waals surface area (Å²) in [4.78, 5) is 108. The predicted octanol–water partition coefficient (Wildman–Crippen LogP) is 10.3. The number of nitrogen functional groups attached to an aromatic ring is 4. The molecule has 0 atom stereocenters. The third-order valence-corrected chi connectivity index (χ3v) is 23.3. The Morgan fingerprint density at radius 2 is 0.896 bits per heavy atom. The molecule has 0 fully saturated rings. The first kappa shape index (κ1) is 89.4. The summed E-state index contributed by atoms with van der Waals surface area (Å²) in [5.74, 6) is 1.62. The number of pyridine rings is 1. The van der Waals surface area contributed by atoms with Crippen LogP contribution in [0.1, 0.15) is 76.5 Å². The van der Waals surface area contributed by atoms with Crippen LogP contribution in [0.25, 0.3) is 112 Å². The minimum absolute atomic E-state index is 0.0396. The topological polar surface area (TPSA) is 553 Å². The molecule has 0 amide bonds. The van der Waals surface area contributed by atoms with Gasteiger partial charge in [-0.1, -0.05) is 84.9 Å². The summed E-state index contributed by atoms with van der Waals surface area (Å²) in [5, 5.41) is 66.4. The quantitative estimate of drug-likeness (QED) is 0.0282. The van der Waals surface area contributed by atoms with E-state index in [2.05, 4.69) is 93.5 Å². The third-order valence-electron chi connectivity index (χ3n) is 22.5. The number of nitrogens with one attached hydrogen (secondary N) is 4. The van der Waals surface area contributed by atoms with E-state index >= 15 is 0 Å². The Labute approximate surface area is 777 Å². The SMILES string of the molecule is CNc1c(C(C)=N)nc(Cn2nc(-c3cc(O)cc(F)c3)c3c(N)ncnc32)n(-c2ccccc2C)c1=O.CNc1c(C(C)=N)nc(Cn2nc(-c3cccc(O)c3)c3c(N)ncnc32)n(-c2ccccc2C)c1=O.Cc1ccccc1-n1c(Cn2cnc3c(N)ccnc32)nc2cnn(C)c2c1=O.Cc1ccccc1-n1c(Cn2nc(I)c3c(N)ncnc32)nc2c(C)nn(C)c2c1=O. The fourth-order valence-corrected chi connectivity index (χ4v) is 17.0. The molecule has 0 bridgehead atoms. The number of benzene rings is 6. The Kier molecular flexibility index (Phi) is 24.1. The minimum Gasteiger partial charge on any atom is -0.508 e. The molecule has 0 spiro atoms. The van der Waals surface area contributed by atoms with E-state index in [1.165, 1.54) is 44.9 Å². The number of fused-ring (bicyclic) bond motifs is 6. The van der Waals surface area contributed by atoms with Gasteiger partial charge in [-0.3, -0.25) is 46.8 Å². The summed E-state index contributed by atoms with van der Waals surface area (Å²) in [5.41, 5.74) is 38.6. The summed E-state index contributed by atoms with van der Waals surface area (Å²) in [6.07, 6.45) is 8.94. The highest BCUT2D eigenvalue weighted by atomic mass is 127. The number of aromatic nitrogens is 27. The second kappa shape index (κ2) is 36.4. The van der Waals surface area contributed by atoms with Crippen LogP contribution in [0.3, 0.4) is 0 Å².